The van der Waals surface area contributed by atoms with Gasteiger partial charge < -0.3 is 20.1 Å². The third-order valence-corrected chi connectivity index (χ3v) is 4.49. The number of nitrogens with two attached hydrogens (primary N) is 1. The summed E-state index contributed by atoms with van der Waals surface area (Å²) >= 11 is 5.89. The van der Waals surface area contributed by atoms with Crippen LogP contribution in [0.15, 0.2) is 18.2 Å². The maximum Gasteiger partial charge on any atom is 0.434 e. The predicted octanol–water partition coefficient (Wildman–Crippen LogP) is 2.95. The van der Waals surface area contributed by atoms with E-state index in [0.717, 1.165) is 4.90 Å². The summed E-state index contributed by atoms with van der Waals surface area (Å²) in [6, 6.07) is 4.56. The van der Waals surface area contributed by atoms with Crippen LogP contribution in [0.4, 0.5) is 31.1 Å². The van der Waals surface area contributed by atoms with Crippen LogP contribution in [-0.2, 0) is 16.1 Å². The van der Waals surface area contributed by atoms with Crippen molar-refractivity contribution in [2.24, 2.45) is 5.73 Å². The van der Waals surface area contributed by atoms with Gasteiger partial charge in [0.1, 0.15) is 5.75 Å². The molecule has 7 nitrogen and oxygen atoms in total. The number of benzene rings is 1. The highest BCUT2D eigenvalue weighted by Gasteiger charge is 2.60. The molecule has 14 heteroatoms. The Morgan fingerprint density at radius 2 is 1.65 bits per heavy atom. The van der Waals surface area contributed by atoms with Gasteiger partial charge in [-0.2, -0.15) is 26.3 Å². The molecule has 0 aliphatic carbocycles. The van der Waals surface area contributed by atoms with Crippen molar-refractivity contribution in [3.8, 4) is 5.75 Å². The highest BCUT2D eigenvalue weighted by molar-refractivity contribution is 6.30. The molecule has 0 bridgehead atoms. The fourth-order valence-corrected chi connectivity index (χ4v) is 2.90. The lowest BCUT2D eigenvalue weighted by Crippen LogP contribution is -2.52. The van der Waals surface area contributed by atoms with Gasteiger partial charge in [0.05, 0.1) is 6.54 Å². The molecule has 0 spiro atoms. The molecular weight excluding hydrogens is 460 g/mol. The maximum absolute atomic E-state index is 12.6. The standard InChI is InChI=1S/C17H18ClF6N3O4/c18-11-2-1-10(12(7-11)30-13(28)8-25)9-26-3-5-27(6-4-26)15(29)31-14(16(19,20)21)17(22,23)24/h1-2,7,14H,3-6,8-9,25H2. The molecular formula is C17H18ClF6N3O4. The van der Waals surface area contributed by atoms with Crippen molar-refractivity contribution in [1.82, 2.24) is 9.80 Å². The first-order valence-corrected chi connectivity index (χ1v) is 9.19. The number of rotatable bonds is 5. The van der Waals surface area contributed by atoms with Crippen molar-refractivity contribution in [3.05, 3.63) is 28.8 Å². The quantitative estimate of drug-likeness (QED) is 0.399. The molecule has 0 unspecified atom stereocenters. The van der Waals surface area contributed by atoms with Crippen LogP contribution in [0.3, 0.4) is 0 Å². The SMILES string of the molecule is NCC(=O)Oc1cc(Cl)ccc1CN1CCN(C(=O)OC(C(F)(F)F)C(F)(F)F)CC1. The lowest BCUT2D eigenvalue weighted by atomic mass is 10.1. The topological polar surface area (TPSA) is 85.1 Å². The number of carbonyl (C=O) groups is 2. The van der Waals surface area contributed by atoms with E-state index in [4.69, 9.17) is 22.1 Å². The summed E-state index contributed by atoms with van der Waals surface area (Å²) in [5.41, 5.74) is 5.77. The molecule has 0 saturated carbocycles. The van der Waals surface area contributed by atoms with E-state index in [1.165, 1.54) is 6.07 Å². The minimum Gasteiger partial charge on any atom is -0.426 e. The Labute approximate surface area is 177 Å². The number of ether oxygens (including phenoxy) is 2. The highest BCUT2D eigenvalue weighted by Crippen LogP contribution is 2.36. The zero-order chi connectivity index (χ0) is 23.4. The number of nitrogens with zero attached hydrogens (tertiary/aromatic N) is 2. The first-order valence-electron chi connectivity index (χ1n) is 8.81. The molecule has 1 amide bonds. The second-order valence-electron chi connectivity index (χ2n) is 6.54. The third kappa shape index (κ3) is 7.14. The van der Waals surface area contributed by atoms with Crippen molar-refractivity contribution < 1.29 is 45.4 Å². The Morgan fingerprint density at radius 3 is 2.16 bits per heavy atom. The molecule has 1 heterocycles. The summed E-state index contributed by atoms with van der Waals surface area (Å²) in [5.74, 6) is -0.525. The highest BCUT2D eigenvalue weighted by atomic mass is 35.5. The number of halogens is 7. The molecule has 0 aromatic heterocycles. The van der Waals surface area contributed by atoms with Crippen LogP contribution in [0.5, 0.6) is 5.75 Å². The van der Waals surface area contributed by atoms with E-state index in [1.54, 1.807) is 17.0 Å². The van der Waals surface area contributed by atoms with Gasteiger partial charge in [-0.15, -0.1) is 0 Å². The number of hydrogen-bond acceptors (Lipinski definition) is 6. The first-order chi connectivity index (χ1) is 14.3. The van der Waals surface area contributed by atoms with Crippen molar-refractivity contribution in [3.63, 3.8) is 0 Å². The second-order valence-corrected chi connectivity index (χ2v) is 6.98. The van der Waals surface area contributed by atoms with E-state index < -0.39 is 30.5 Å². The van der Waals surface area contributed by atoms with Gasteiger partial charge in [-0.3, -0.25) is 9.69 Å². The van der Waals surface area contributed by atoms with Crippen LogP contribution in [-0.4, -0.2) is 73.0 Å². The van der Waals surface area contributed by atoms with E-state index in [1.807, 2.05) is 0 Å². The number of carbonyl (C=O) groups excluding carboxylic acids is 2. The van der Waals surface area contributed by atoms with E-state index >= 15 is 0 Å². The summed E-state index contributed by atoms with van der Waals surface area (Å²) < 4.78 is 84.1. The molecule has 2 N–H and O–H groups in total. The second kappa shape index (κ2) is 9.92. The number of piperazine rings is 1. The molecule has 0 atom stereocenters. The van der Waals surface area contributed by atoms with Gasteiger partial charge in [-0.05, 0) is 12.1 Å². The molecule has 31 heavy (non-hydrogen) atoms. The molecule has 1 aromatic rings. The minimum absolute atomic E-state index is 0.130. The van der Waals surface area contributed by atoms with Gasteiger partial charge in [0, 0.05) is 43.3 Å². The Kier molecular flexibility index (Phi) is 8.00. The van der Waals surface area contributed by atoms with Crippen LogP contribution in [0.1, 0.15) is 5.56 Å². The number of alkyl halides is 6. The molecule has 1 aromatic carbocycles. The zero-order valence-corrected chi connectivity index (χ0v) is 16.6. The Balaban J connectivity index is 1.97. The summed E-state index contributed by atoms with van der Waals surface area (Å²) in [5, 5.41) is 0.306. The lowest BCUT2D eigenvalue weighted by molar-refractivity contribution is -0.308. The molecule has 1 aliphatic rings. The van der Waals surface area contributed by atoms with E-state index in [-0.39, 0.29) is 45.0 Å². The average molecular weight is 478 g/mol. The monoisotopic (exact) mass is 477 g/mol. The van der Waals surface area contributed by atoms with Crippen molar-refractivity contribution in [2.75, 3.05) is 32.7 Å². The Bertz CT molecular complexity index is 783. The van der Waals surface area contributed by atoms with Crippen LogP contribution in [0.2, 0.25) is 5.02 Å². The van der Waals surface area contributed by atoms with Crippen molar-refractivity contribution >= 4 is 23.7 Å². The fraction of sp³-hybridized carbons (Fsp3) is 0.529. The predicted molar refractivity (Wildman–Crippen MR) is 95.4 cm³/mol. The van der Waals surface area contributed by atoms with Crippen LogP contribution >= 0.6 is 11.6 Å². The van der Waals surface area contributed by atoms with E-state index in [2.05, 4.69) is 4.74 Å². The van der Waals surface area contributed by atoms with Gasteiger partial charge in [-0.1, -0.05) is 17.7 Å². The molecule has 1 aliphatic heterocycles. The first kappa shape index (κ1) is 25.0. The van der Waals surface area contributed by atoms with Crippen LogP contribution in [0.25, 0.3) is 0 Å². The number of amides is 1. The zero-order valence-electron chi connectivity index (χ0n) is 15.8. The fourth-order valence-electron chi connectivity index (χ4n) is 2.74. The Hall–Kier alpha value is -2.25. The van der Waals surface area contributed by atoms with Gasteiger partial charge in [0.25, 0.3) is 6.10 Å². The van der Waals surface area contributed by atoms with Crippen LogP contribution in [0, 0.1) is 0 Å². The van der Waals surface area contributed by atoms with Gasteiger partial charge in [0.15, 0.2) is 0 Å². The van der Waals surface area contributed by atoms with Crippen molar-refractivity contribution in [2.45, 2.75) is 25.0 Å². The summed E-state index contributed by atoms with van der Waals surface area (Å²) in [7, 11) is 0. The minimum atomic E-state index is -5.78. The molecule has 0 radical (unpaired) electrons. The van der Waals surface area contributed by atoms with Gasteiger partial charge in [-0.25, -0.2) is 4.79 Å². The summed E-state index contributed by atoms with van der Waals surface area (Å²) in [4.78, 5) is 25.8. The average Bonchev–Trinajstić information content (AvgIpc) is 2.66. The number of hydrogen-bond donors (Lipinski definition) is 1. The molecule has 1 saturated heterocycles. The van der Waals surface area contributed by atoms with E-state index in [9.17, 15) is 35.9 Å². The molecule has 174 valence electrons. The number of esters is 1. The van der Waals surface area contributed by atoms with Gasteiger partial charge in [0.2, 0.25) is 0 Å². The van der Waals surface area contributed by atoms with Gasteiger partial charge >= 0.3 is 24.4 Å². The molecule has 2 rings (SSSR count). The third-order valence-electron chi connectivity index (χ3n) is 4.26. The normalized spacial score (nSPS) is 15.8. The Morgan fingerprint density at radius 1 is 1.06 bits per heavy atom. The molecule has 1 fully saturated rings. The van der Waals surface area contributed by atoms with Crippen LogP contribution < -0.4 is 10.5 Å². The van der Waals surface area contributed by atoms with E-state index in [0.29, 0.717) is 10.6 Å². The largest absolute Gasteiger partial charge is 0.434 e. The van der Waals surface area contributed by atoms with Crippen molar-refractivity contribution in [1.29, 1.82) is 0 Å². The smallest absolute Gasteiger partial charge is 0.426 e. The lowest BCUT2D eigenvalue weighted by Gasteiger charge is -2.35. The maximum atomic E-state index is 12.6. The summed E-state index contributed by atoms with van der Waals surface area (Å²) in [6.45, 7) is -0.195. The summed E-state index contributed by atoms with van der Waals surface area (Å²) in [6.07, 6.45) is -17.5.